The van der Waals surface area contributed by atoms with E-state index in [4.69, 9.17) is 0 Å². The van der Waals surface area contributed by atoms with Crippen LogP contribution in [0, 0.1) is 6.92 Å². The van der Waals surface area contributed by atoms with Crippen molar-refractivity contribution >= 4 is 5.69 Å². The lowest BCUT2D eigenvalue weighted by atomic mass is 10.3. The molecule has 13 heavy (non-hydrogen) atoms. The van der Waals surface area contributed by atoms with Gasteiger partial charge in [0.15, 0.2) is 0 Å². The first-order valence-corrected chi connectivity index (χ1v) is 4.18. The molecule has 0 spiro atoms. The number of rotatable bonds is 3. The van der Waals surface area contributed by atoms with E-state index in [2.05, 4.69) is 16.9 Å². The van der Waals surface area contributed by atoms with Gasteiger partial charge in [0.25, 0.3) is 0 Å². The molecule has 1 aromatic heterocycles. The summed E-state index contributed by atoms with van der Waals surface area (Å²) in [5.41, 5.74) is 2.05. The monoisotopic (exact) mass is 177 g/mol. The molecule has 70 valence electrons. The molecule has 1 aromatic rings. The van der Waals surface area contributed by atoms with Crippen LogP contribution in [-0.2, 0) is 0 Å². The zero-order valence-electron chi connectivity index (χ0n) is 8.33. The fourth-order valence-electron chi connectivity index (χ4n) is 0.982. The third-order valence-electron chi connectivity index (χ3n) is 1.98. The number of nitrogens with one attached hydrogen (secondary N) is 1. The summed E-state index contributed by atoms with van der Waals surface area (Å²) in [5.74, 6) is 0.852. The summed E-state index contributed by atoms with van der Waals surface area (Å²) in [6.45, 7) is 5.83. The highest BCUT2D eigenvalue weighted by Crippen LogP contribution is 2.13. The molecule has 0 amide bonds. The predicted octanol–water partition coefficient (Wildman–Crippen LogP) is 1.52. The normalized spacial score (nSPS) is 9.46. The van der Waals surface area contributed by atoms with Gasteiger partial charge in [0.05, 0.1) is 17.7 Å². The Balaban J connectivity index is 2.83. The van der Waals surface area contributed by atoms with E-state index in [0.29, 0.717) is 0 Å². The van der Waals surface area contributed by atoms with Gasteiger partial charge in [-0.05, 0) is 19.1 Å². The van der Waals surface area contributed by atoms with E-state index in [0.717, 1.165) is 17.2 Å². The summed E-state index contributed by atoms with van der Waals surface area (Å²) in [6.07, 6.45) is 1.83. The molecule has 0 aliphatic rings. The second kappa shape index (κ2) is 3.94. The average molecular weight is 177 g/mol. The van der Waals surface area contributed by atoms with Crippen LogP contribution < -0.4 is 10.2 Å². The largest absolute Gasteiger partial charge is 0.375 e. The van der Waals surface area contributed by atoms with Crippen LogP contribution >= 0.6 is 0 Å². The third kappa shape index (κ3) is 2.21. The fraction of sp³-hybridized carbons (Fsp3) is 0.300. The minimum absolute atomic E-state index is 0.852. The van der Waals surface area contributed by atoms with Crippen molar-refractivity contribution < 1.29 is 0 Å². The van der Waals surface area contributed by atoms with Crippen LogP contribution in [0.15, 0.2) is 30.7 Å². The van der Waals surface area contributed by atoms with Crippen LogP contribution in [-0.4, -0.2) is 19.1 Å². The number of pyridine rings is 1. The Bertz CT molecular complexity index is 290. The van der Waals surface area contributed by atoms with Gasteiger partial charge < -0.3 is 10.2 Å². The minimum atomic E-state index is 0.852. The van der Waals surface area contributed by atoms with E-state index in [1.54, 1.807) is 0 Å². The van der Waals surface area contributed by atoms with Crippen molar-refractivity contribution in [1.29, 1.82) is 0 Å². The van der Waals surface area contributed by atoms with Gasteiger partial charge in [-0.15, -0.1) is 0 Å². The molecule has 0 saturated heterocycles. The topological polar surface area (TPSA) is 28.2 Å². The summed E-state index contributed by atoms with van der Waals surface area (Å²) in [7, 11) is 3.80. The Labute approximate surface area is 79.1 Å². The van der Waals surface area contributed by atoms with E-state index in [1.165, 1.54) is 0 Å². The number of hydrogen-bond acceptors (Lipinski definition) is 3. The molecule has 0 fully saturated rings. The fourth-order valence-corrected chi connectivity index (χ4v) is 0.982. The highest BCUT2D eigenvalue weighted by atomic mass is 15.2. The van der Waals surface area contributed by atoms with Crippen molar-refractivity contribution in [1.82, 2.24) is 10.3 Å². The molecule has 1 N–H and O–H groups in total. The SMILES string of the molecule is C=C(NC)N(C)c1ccc(C)nc1. The Morgan fingerprint density at radius 3 is 2.69 bits per heavy atom. The molecule has 0 aromatic carbocycles. The average Bonchev–Trinajstić information content (AvgIpc) is 2.17. The Hall–Kier alpha value is -1.51. The number of nitrogens with zero attached hydrogens (tertiary/aromatic N) is 2. The molecule has 1 rings (SSSR count). The second-order valence-electron chi connectivity index (χ2n) is 2.91. The number of anilines is 1. The summed E-state index contributed by atoms with van der Waals surface area (Å²) in [6, 6.07) is 4.00. The van der Waals surface area contributed by atoms with Gasteiger partial charge in [0.1, 0.15) is 0 Å². The van der Waals surface area contributed by atoms with E-state index in [1.807, 2.05) is 44.2 Å². The lowest BCUT2D eigenvalue weighted by molar-refractivity contribution is 0.905. The summed E-state index contributed by atoms with van der Waals surface area (Å²) < 4.78 is 0. The van der Waals surface area contributed by atoms with Crippen molar-refractivity contribution in [2.24, 2.45) is 0 Å². The van der Waals surface area contributed by atoms with Crippen molar-refractivity contribution in [2.75, 3.05) is 19.0 Å². The maximum Gasteiger partial charge on any atom is 0.0979 e. The molecule has 0 bridgehead atoms. The molecule has 0 aliphatic heterocycles. The molecule has 0 radical (unpaired) electrons. The quantitative estimate of drug-likeness (QED) is 0.758. The smallest absolute Gasteiger partial charge is 0.0979 e. The molecule has 0 aliphatic carbocycles. The molecule has 0 unspecified atom stereocenters. The van der Waals surface area contributed by atoms with E-state index < -0.39 is 0 Å². The van der Waals surface area contributed by atoms with Crippen LogP contribution in [0.1, 0.15) is 5.69 Å². The van der Waals surface area contributed by atoms with Crippen LogP contribution in [0.25, 0.3) is 0 Å². The van der Waals surface area contributed by atoms with Crippen molar-refractivity contribution in [3.8, 4) is 0 Å². The van der Waals surface area contributed by atoms with E-state index in [-0.39, 0.29) is 0 Å². The van der Waals surface area contributed by atoms with Gasteiger partial charge in [0.2, 0.25) is 0 Å². The van der Waals surface area contributed by atoms with Crippen molar-refractivity contribution in [2.45, 2.75) is 6.92 Å². The molecule has 0 saturated carbocycles. The molecular formula is C10H15N3. The maximum absolute atomic E-state index is 4.21. The van der Waals surface area contributed by atoms with Gasteiger partial charge >= 0.3 is 0 Å². The molecule has 1 heterocycles. The lowest BCUT2D eigenvalue weighted by Gasteiger charge is -2.20. The van der Waals surface area contributed by atoms with Crippen LogP contribution in [0.5, 0.6) is 0 Å². The van der Waals surface area contributed by atoms with Gasteiger partial charge in [-0.2, -0.15) is 0 Å². The summed E-state index contributed by atoms with van der Waals surface area (Å²) in [5, 5.41) is 2.98. The highest BCUT2D eigenvalue weighted by molar-refractivity contribution is 5.48. The first-order chi connectivity index (χ1) is 6.15. The summed E-state index contributed by atoms with van der Waals surface area (Å²) >= 11 is 0. The zero-order chi connectivity index (χ0) is 9.84. The van der Waals surface area contributed by atoms with E-state index in [9.17, 15) is 0 Å². The van der Waals surface area contributed by atoms with Crippen molar-refractivity contribution in [3.63, 3.8) is 0 Å². The standard InChI is InChI=1S/C10H15N3/c1-8-5-6-10(7-12-8)13(4)9(2)11-3/h5-7,11H,2H2,1,3-4H3. The number of hydrogen-bond donors (Lipinski definition) is 1. The Morgan fingerprint density at radius 2 is 2.23 bits per heavy atom. The number of aryl methyl sites for hydroxylation is 1. The van der Waals surface area contributed by atoms with E-state index >= 15 is 0 Å². The third-order valence-corrected chi connectivity index (χ3v) is 1.98. The lowest BCUT2D eigenvalue weighted by Crippen LogP contribution is -2.24. The van der Waals surface area contributed by atoms with Crippen LogP contribution in [0.2, 0.25) is 0 Å². The molecule has 3 nitrogen and oxygen atoms in total. The maximum atomic E-state index is 4.21. The first-order valence-electron chi connectivity index (χ1n) is 4.18. The molecular weight excluding hydrogens is 162 g/mol. The van der Waals surface area contributed by atoms with Gasteiger partial charge in [0, 0.05) is 19.8 Å². The predicted molar refractivity (Wildman–Crippen MR) is 55.6 cm³/mol. The van der Waals surface area contributed by atoms with Crippen LogP contribution in [0.3, 0.4) is 0 Å². The van der Waals surface area contributed by atoms with Gasteiger partial charge in [-0.25, -0.2) is 0 Å². The number of aromatic nitrogens is 1. The van der Waals surface area contributed by atoms with Crippen LogP contribution in [0.4, 0.5) is 5.69 Å². The summed E-state index contributed by atoms with van der Waals surface area (Å²) in [4.78, 5) is 6.16. The second-order valence-corrected chi connectivity index (χ2v) is 2.91. The molecule has 0 atom stereocenters. The Morgan fingerprint density at radius 1 is 1.54 bits per heavy atom. The first kappa shape index (κ1) is 9.58. The van der Waals surface area contributed by atoms with Gasteiger partial charge in [-0.1, -0.05) is 6.58 Å². The molecule has 3 heteroatoms. The highest BCUT2D eigenvalue weighted by Gasteiger charge is 2.02. The van der Waals surface area contributed by atoms with Gasteiger partial charge in [-0.3, -0.25) is 4.98 Å². The zero-order valence-corrected chi connectivity index (χ0v) is 8.33. The van der Waals surface area contributed by atoms with Crippen molar-refractivity contribution in [3.05, 3.63) is 36.4 Å². The Kier molecular flexibility index (Phi) is 2.90. The minimum Gasteiger partial charge on any atom is -0.375 e.